The summed E-state index contributed by atoms with van der Waals surface area (Å²) in [5.74, 6) is -0.491. The molecule has 84 valence electrons. The van der Waals surface area contributed by atoms with Crippen molar-refractivity contribution in [2.24, 2.45) is 5.92 Å². The molecule has 0 spiro atoms. The molecule has 1 unspecified atom stereocenters. The zero-order valence-corrected chi connectivity index (χ0v) is 9.53. The van der Waals surface area contributed by atoms with Crippen LogP contribution in [0.2, 0.25) is 0 Å². The van der Waals surface area contributed by atoms with Gasteiger partial charge in [0, 0.05) is 0 Å². The van der Waals surface area contributed by atoms with Crippen molar-refractivity contribution >= 4 is 5.97 Å². The molecule has 0 saturated heterocycles. The monoisotopic (exact) mass is 217 g/mol. The summed E-state index contributed by atoms with van der Waals surface area (Å²) < 4.78 is 0. The van der Waals surface area contributed by atoms with Gasteiger partial charge >= 0.3 is 5.97 Å². The highest BCUT2D eigenvalue weighted by molar-refractivity contribution is 5.88. The molecule has 0 aliphatic carbocycles. The van der Waals surface area contributed by atoms with Gasteiger partial charge in [-0.1, -0.05) is 26.3 Å². The Morgan fingerprint density at radius 2 is 2.25 bits per heavy atom. The molecule has 3 heteroatoms. The Bertz CT molecular complexity index is 432. The molecule has 16 heavy (non-hydrogen) atoms. The van der Waals surface area contributed by atoms with Crippen LogP contribution >= 0.6 is 0 Å². The van der Waals surface area contributed by atoms with E-state index in [1.165, 1.54) is 6.07 Å². The van der Waals surface area contributed by atoms with Crippen LogP contribution in [0.25, 0.3) is 0 Å². The summed E-state index contributed by atoms with van der Waals surface area (Å²) in [5, 5.41) is 17.8. The molecule has 0 heterocycles. The fourth-order valence-corrected chi connectivity index (χ4v) is 1.51. The summed E-state index contributed by atoms with van der Waals surface area (Å²) in [5.41, 5.74) is 1.58. The summed E-state index contributed by atoms with van der Waals surface area (Å²) in [6, 6.07) is 6.80. The van der Waals surface area contributed by atoms with E-state index in [0.717, 1.165) is 18.4 Å². The molecule has 0 aliphatic heterocycles. The van der Waals surface area contributed by atoms with Crippen LogP contribution in [0.5, 0.6) is 0 Å². The Morgan fingerprint density at radius 3 is 2.75 bits per heavy atom. The van der Waals surface area contributed by atoms with E-state index in [9.17, 15) is 4.79 Å². The van der Waals surface area contributed by atoms with Crippen LogP contribution in [0.15, 0.2) is 18.2 Å². The number of nitriles is 1. The standard InChI is InChI=1S/C13H15NO2/c1-3-9(2)6-10-4-5-11(13(15)16)7-12(10)8-14/h4-5,7,9H,3,6H2,1-2H3,(H,15,16). The van der Waals surface area contributed by atoms with Crippen molar-refractivity contribution in [3.63, 3.8) is 0 Å². The van der Waals surface area contributed by atoms with E-state index < -0.39 is 5.97 Å². The van der Waals surface area contributed by atoms with Crippen molar-refractivity contribution in [2.75, 3.05) is 0 Å². The molecule has 1 N–H and O–H groups in total. The van der Waals surface area contributed by atoms with Crippen LogP contribution in [0, 0.1) is 17.2 Å². The average Bonchev–Trinajstić information content (AvgIpc) is 2.29. The van der Waals surface area contributed by atoms with Crippen molar-refractivity contribution in [3.05, 3.63) is 34.9 Å². The molecule has 0 fully saturated rings. The van der Waals surface area contributed by atoms with Gasteiger partial charge in [-0.25, -0.2) is 4.79 Å². The van der Waals surface area contributed by atoms with Crippen LogP contribution in [0.4, 0.5) is 0 Å². The highest BCUT2D eigenvalue weighted by Gasteiger charge is 2.10. The Kier molecular flexibility index (Phi) is 4.07. The van der Waals surface area contributed by atoms with Crippen molar-refractivity contribution in [1.29, 1.82) is 5.26 Å². The Morgan fingerprint density at radius 1 is 1.56 bits per heavy atom. The lowest BCUT2D eigenvalue weighted by Crippen LogP contribution is -2.03. The molecule has 0 bridgehead atoms. The zero-order valence-electron chi connectivity index (χ0n) is 9.53. The van der Waals surface area contributed by atoms with E-state index in [1.807, 2.05) is 0 Å². The predicted molar refractivity (Wildman–Crippen MR) is 61.3 cm³/mol. The third kappa shape index (κ3) is 2.83. The van der Waals surface area contributed by atoms with Crippen molar-refractivity contribution < 1.29 is 9.90 Å². The lowest BCUT2D eigenvalue weighted by atomic mass is 9.94. The Balaban J connectivity index is 3.03. The number of hydrogen-bond acceptors (Lipinski definition) is 2. The highest BCUT2D eigenvalue weighted by atomic mass is 16.4. The molecule has 1 aromatic rings. The highest BCUT2D eigenvalue weighted by Crippen LogP contribution is 2.17. The van der Waals surface area contributed by atoms with Gasteiger partial charge in [0.25, 0.3) is 0 Å². The van der Waals surface area contributed by atoms with Gasteiger partial charge in [-0.05, 0) is 30.0 Å². The van der Waals surface area contributed by atoms with Gasteiger partial charge in [0.1, 0.15) is 0 Å². The molecular formula is C13H15NO2. The van der Waals surface area contributed by atoms with Gasteiger partial charge in [0.05, 0.1) is 17.2 Å². The second-order valence-corrected chi connectivity index (χ2v) is 4.01. The maximum absolute atomic E-state index is 10.7. The summed E-state index contributed by atoms with van der Waals surface area (Å²) in [7, 11) is 0. The summed E-state index contributed by atoms with van der Waals surface area (Å²) >= 11 is 0. The number of rotatable bonds is 4. The first-order chi connectivity index (χ1) is 7.58. The molecule has 1 atom stereocenters. The number of nitrogens with zero attached hydrogens (tertiary/aromatic N) is 1. The van der Waals surface area contributed by atoms with Gasteiger partial charge in [0.15, 0.2) is 0 Å². The van der Waals surface area contributed by atoms with E-state index in [0.29, 0.717) is 11.5 Å². The zero-order chi connectivity index (χ0) is 12.1. The molecule has 0 radical (unpaired) electrons. The first kappa shape index (κ1) is 12.3. The molecule has 1 aromatic carbocycles. The SMILES string of the molecule is CCC(C)Cc1ccc(C(=O)O)cc1C#N. The number of carboxylic acids is 1. The van der Waals surface area contributed by atoms with Gasteiger partial charge in [-0.3, -0.25) is 0 Å². The number of carbonyl (C=O) groups is 1. The largest absolute Gasteiger partial charge is 0.478 e. The van der Waals surface area contributed by atoms with Gasteiger partial charge < -0.3 is 5.11 Å². The molecule has 1 rings (SSSR count). The number of aromatic carboxylic acids is 1. The molecule has 0 amide bonds. The molecule has 3 nitrogen and oxygen atoms in total. The fourth-order valence-electron chi connectivity index (χ4n) is 1.51. The van der Waals surface area contributed by atoms with Gasteiger partial charge in [-0.2, -0.15) is 5.26 Å². The fraction of sp³-hybridized carbons (Fsp3) is 0.385. The lowest BCUT2D eigenvalue weighted by molar-refractivity contribution is 0.0697. The maximum Gasteiger partial charge on any atom is 0.335 e. The van der Waals surface area contributed by atoms with Crippen LogP contribution < -0.4 is 0 Å². The lowest BCUT2D eigenvalue weighted by Gasteiger charge is -2.10. The second kappa shape index (κ2) is 5.32. The topological polar surface area (TPSA) is 61.1 Å². The second-order valence-electron chi connectivity index (χ2n) is 4.01. The minimum Gasteiger partial charge on any atom is -0.478 e. The van der Waals surface area contributed by atoms with E-state index in [4.69, 9.17) is 10.4 Å². The average molecular weight is 217 g/mol. The molecule has 0 aromatic heterocycles. The summed E-state index contributed by atoms with van der Waals surface area (Å²) in [4.78, 5) is 10.7. The van der Waals surface area contributed by atoms with Crippen LogP contribution in [-0.2, 0) is 6.42 Å². The van der Waals surface area contributed by atoms with Crippen molar-refractivity contribution in [2.45, 2.75) is 26.7 Å². The smallest absolute Gasteiger partial charge is 0.335 e. The number of benzene rings is 1. The van der Waals surface area contributed by atoms with Gasteiger partial charge in [-0.15, -0.1) is 0 Å². The Labute approximate surface area is 95.3 Å². The van der Waals surface area contributed by atoms with Crippen LogP contribution in [-0.4, -0.2) is 11.1 Å². The van der Waals surface area contributed by atoms with Gasteiger partial charge in [0.2, 0.25) is 0 Å². The van der Waals surface area contributed by atoms with Crippen molar-refractivity contribution in [1.82, 2.24) is 0 Å². The van der Waals surface area contributed by atoms with E-state index in [1.54, 1.807) is 12.1 Å². The van der Waals surface area contributed by atoms with Crippen molar-refractivity contribution in [3.8, 4) is 6.07 Å². The third-order valence-electron chi connectivity index (χ3n) is 2.74. The van der Waals surface area contributed by atoms with E-state index in [-0.39, 0.29) is 5.56 Å². The van der Waals surface area contributed by atoms with E-state index in [2.05, 4.69) is 19.9 Å². The first-order valence-electron chi connectivity index (χ1n) is 5.34. The number of hydrogen-bond donors (Lipinski definition) is 1. The normalized spacial score (nSPS) is 11.8. The third-order valence-corrected chi connectivity index (χ3v) is 2.74. The molecule has 0 saturated carbocycles. The minimum absolute atomic E-state index is 0.171. The minimum atomic E-state index is -0.994. The van der Waals surface area contributed by atoms with Crippen LogP contribution in [0.3, 0.4) is 0 Å². The summed E-state index contributed by atoms with van der Waals surface area (Å²) in [6.45, 7) is 4.22. The first-order valence-corrected chi connectivity index (χ1v) is 5.34. The Hall–Kier alpha value is -1.82. The maximum atomic E-state index is 10.7. The van der Waals surface area contributed by atoms with Crippen LogP contribution in [0.1, 0.15) is 41.8 Å². The number of carboxylic acid groups (broad SMARTS) is 1. The van der Waals surface area contributed by atoms with E-state index >= 15 is 0 Å². The quantitative estimate of drug-likeness (QED) is 0.843. The summed E-state index contributed by atoms with van der Waals surface area (Å²) in [6.07, 6.45) is 1.87. The molecular weight excluding hydrogens is 202 g/mol. The molecule has 0 aliphatic rings. The predicted octanol–water partition coefficient (Wildman–Crippen LogP) is 2.85.